The Bertz CT molecular complexity index is 1090. The number of aliphatic hydroxyl groups is 1. The fraction of sp³-hybridized carbons (Fsp3) is 0.174. The topological polar surface area (TPSA) is 79.7 Å². The number of thiophene rings is 1. The molecule has 1 N–H and O–H groups in total. The Morgan fingerprint density at radius 3 is 2.67 bits per heavy atom. The molecule has 3 heterocycles. The lowest BCUT2D eigenvalue weighted by Gasteiger charge is -2.24. The summed E-state index contributed by atoms with van der Waals surface area (Å²) in [5.74, 6) is -0.944. The average molecular weight is 420 g/mol. The van der Waals surface area contributed by atoms with Gasteiger partial charge in [0.05, 0.1) is 18.2 Å². The summed E-state index contributed by atoms with van der Waals surface area (Å²) in [5.41, 5.74) is 1.38. The Morgan fingerprint density at radius 2 is 1.97 bits per heavy atom. The number of carbonyl (C=O) groups excluding carboxylic acids is 2. The number of nitrogens with zero attached hydrogens (tertiary/aromatic N) is 2. The van der Waals surface area contributed by atoms with E-state index in [1.807, 2.05) is 24.4 Å². The minimum Gasteiger partial charge on any atom is -0.507 e. The van der Waals surface area contributed by atoms with E-state index < -0.39 is 17.7 Å². The minimum absolute atomic E-state index is 0.0881. The van der Waals surface area contributed by atoms with E-state index in [1.54, 1.807) is 48.8 Å². The highest BCUT2D eigenvalue weighted by Gasteiger charge is 2.46. The van der Waals surface area contributed by atoms with E-state index in [2.05, 4.69) is 4.98 Å². The van der Waals surface area contributed by atoms with Gasteiger partial charge in [0, 0.05) is 29.4 Å². The van der Waals surface area contributed by atoms with Gasteiger partial charge >= 0.3 is 0 Å². The molecule has 1 aliphatic heterocycles. The number of Topliss-reactive ketones (excluding diaryl/α,β-unsaturated/α-hetero) is 1. The minimum atomic E-state index is -0.693. The van der Waals surface area contributed by atoms with Gasteiger partial charge in [-0.15, -0.1) is 11.3 Å². The molecule has 1 aromatic carbocycles. The third-order valence-corrected chi connectivity index (χ3v) is 5.80. The number of ether oxygens (including phenoxy) is 1. The fourth-order valence-electron chi connectivity index (χ4n) is 3.53. The van der Waals surface area contributed by atoms with Gasteiger partial charge in [-0.05, 0) is 48.2 Å². The van der Waals surface area contributed by atoms with Crippen molar-refractivity contribution in [3.05, 3.63) is 87.9 Å². The van der Waals surface area contributed by atoms with Crippen molar-refractivity contribution in [2.75, 3.05) is 6.61 Å². The number of aromatic nitrogens is 1. The Hall–Kier alpha value is -3.45. The summed E-state index contributed by atoms with van der Waals surface area (Å²) in [6.07, 6.45) is 3.29. The number of hydrogen-bond donors (Lipinski definition) is 1. The molecule has 2 aromatic heterocycles. The van der Waals surface area contributed by atoms with Crippen molar-refractivity contribution >= 4 is 28.8 Å². The second kappa shape index (κ2) is 8.51. The molecule has 0 bridgehead atoms. The first-order chi connectivity index (χ1) is 14.6. The number of ketones is 1. The van der Waals surface area contributed by atoms with Crippen LogP contribution in [-0.2, 0) is 16.1 Å². The lowest BCUT2D eigenvalue weighted by atomic mass is 9.99. The van der Waals surface area contributed by atoms with Crippen LogP contribution in [0.1, 0.15) is 29.0 Å². The number of rotatable bonds is 6. The number of pyridine rings is 1. The summed E-state index contributed by atoms with van der Waals surface area (Å²) in [7, 11) is 0. The predicted octanol–water partition coefficient (Wildman–Crippen LogP) is 4.16. The molecule has 0 spiro atoms. The van der Waals surface area contributed by atoms with E-state index in [0.29, 0.717) is 17.9 Å². The zero-order valence-corrected chi connectivity index (χ0v) is 17.1. The van der Waals surface area contributed by atoms with E-state index in [4.69, 9.17) is 4.74 Å². The Kier molecular flexibility index (Phi) is 5.63. The molecule has 1 atom stereocenters. The summed E-state index contributed by atoms with van der Waals surface area (Å²) in [4.78, 5) is 32.2. The van der Waals surface area contributed by atoms with Crippen molar-refractivity contribution in [3.63, 3.8) is 0 Å². The summed E-state index contributed by atoms with van der Waals surface area (Å²) < 4.78 is 5.51. The monoisotopic (exact) mass is 420 g/mol. The molecular weight excluding hydrogens is 400 g/mol. The van der Waals surface area contributed by atoms with Gasteiger partial charge in [0.25, 0.3) is 11.7 Å². The lowest BCUT2D eigenvalue weighted by Crippen LogP contribution is -2.28. The molecule has 152 valence electrons. The maximum Gasteiger partial charge on any atom is 0.295 e. The summed E-state index contributed by atoms with van der Waals surface area (Å²) in [6.45, 7) is 2.59. The highest BCUT2D eigenvalue weighted by Crippen LogP contribution is 2.42. The lowest BCUT2D eigenvalue weighted by molar-refractivity contribution is -0.140. The first-order valence-electron chi connectivity index (χ1n) is 9.54. The van der Waals surface area contributed by atoms with E-state index >= 15 is 0 Å². The molecule has 0 radical (unpaired) electrons. The highest BCUT2D eigenvalue weighted by atomic mass is 32.1. The number of benzene rings is 1. The maximum atomic E-state index is 13.0. The fourth-order valence-corrected chi connectivity index (χ4v) is 4.37. The number of carbonyl (C=O) groups is 2. The molecule has 1 amide bonds. The molecule has 1 fully saturated rings. The first kappa shape index (κ1) is 19.8. The van der Waals surface area contributed by atoms with E-state index in [0.717, 1.165) is 10.4 Å². The molecular formula is C23H20N2O4S. The van der Waals surface area contributed by atoms with Crippen LogP contribution in [0.4, 0.5) is 0 Å². The molecule has 7 heteroatoms. The van der Waals surface area contributed by atoms with Crippen LogP contribution >= 0.6 is 11.3 Å². The predicted molar refractivity (Wildman–Crippen MR) is 114 cm³/mol. The Morgan fingerprint density at radius 1 is 1.17 bits per heavy atom. The number of likely N-dealkylation sites (tertiary alicyclic amines) is 1. The Balaban J connectivity index is 1.81. The second-order valence-electron chi connectivity index (χ2n) is 6.76. The molecule has 1 aliphatic rings. The van der Waals surface area contributed by atoms with Gasteiger partial charge in [-0.3, -0.25) is 14.6 Å². The van der Waals surface area contributed by atoms with Crippen molar-refractivity contribution in [1.82, 2.24) is 9.88 Å². The third-order valence-electron chi connectivity index (χ3n) is 4.87. The van der Waals surface area contributed by atoms with Gasteiger partial charge in [-0.1, -0.05) is 18.2 Å². The van der Waals surface area contributed by atoms with Crippen LogP contribution in [0.2, 0.25) is 0 Å². The largest absolute Gasteiger partial charge is 0.507 e. The quantitative estimate of drug-likeness (QED) is 0.368. The van der Waals surface area contributed by atoms with Crippen molar-refractivity contribution in [2.45, 2.75) is 19.5 Å². The average Bonchev–Trinajstić information content (AvgIpc) is 3.37. The smallest absolute Gasteiger partial charge is 0.295 e. The van der Waals surface area contributed by atoms with Crippen LogP contribution in [0.3, 0.4) is 0 Å². The van der Waals surface area contributed by atoms with Crippen LogP contribution in [0.15, 0.2) is 71.9 Å². The number of aliphatic hydroxyl groups excluding tert-OH is 1. The molecule has 4 rings (SSSR count). The zero-order chi connectivity index (χ0) is 21.1. The van der Waals surface area contributed by atoms with E-state index in [-0.39, 0.29) is 17.9 Å². The molecule has 6 nitrogen and oxygen atoms in total. The number of hydrogen-bond acceptors (Lipinski definition) is 6. The van der Waals surface area contributed by atoms with Crippen molar-refractivity contribution in [3.8, 4) is 5.75 Å². The normalized spacial score (nSPS) is 18.0. The number of amides is 1. The first-order valence-corrected chi connectivity index (χ1v) is 10.4. The molecule has 0 saturated carbocycles. The summed E-state index contributed by atoms with van der Waals surface area (Å²) in [5, 5.41) is 13.0. The third kappa shape index (κ3) is 3.71. The highest BCUT2D eigenvalue weighted by molar-refractivity contribution is 7.10. The second-order valence-corrected chi connectivity index (χ2v) is 7.74. The molecule has 1 unspecified atom stereocenters. The van der Waals surface area contributed by atoms with Crippen molar-refractivity contribution in [2.24, 2.45) is 0 Å². The van der Waals surface area contributed by atoms with Gasteiger partial charge in [0.2, 0.25) is 0 Å². The molecule has 3 aromatic rings. The van der Waals surface area contributed by atoms with Crippen LogP contribution in [0, 0.1) is 0 Å². The van der Waals surface area contributed by atoms with E-state index in [1.165, 1.54) is 16.2 Å². The molecule has 0 aliphatic carbocycles. The van der Waals surface area contributed by atoms with Crippen LogP contribution in [0.5, 0.6) is 5.75 Å². The van der Waals surface area contributed by atoms with Gasteiger partial charge < -0.3 is 14.7 Å². The van der Waals surface area contributed by atoms with Gasteiger partial charge in [-0.25, -0.2) is 0 Å². The van der Waals surface area contributed by atoms with Crippen LogP contribution in [0.25, 0.3) is 5.76 Å². The van der Waals surface area contributed by atoms with Crippen LogP contribution in [-0.4, -0.2) is 33.3 Å². The Labute approximate surface area is 178 Å². The maximum absolute atomic E-state index is 13.0. The SMILES string of the molecule is CCOc1cccc(C(O)=C2C(=O)C(=O)N(Cc3ccncc3)C2c2cccs2)c1. The zero-order valence-electron chi connectivity index (χ0n) is 16.3. The molecule has 1 saturated heterocycles. The van der Waals surface area contributed by atoms with Gasteiger partial charge in [0.15, 0.2) is 0 Å². The summed E-state index contributed by atoms with van der Waals surface area (Å²) >= 11 is 1.44. The van der Waals surface area contributed by atoms with Crippen molar-refractivity contribution < 1.29 is 19.4 Å². The van der Waals surface area contributed by atoms with Gasteiger partial charge in [-0.2, -0.15) is 0 Å². The van der Waals surface area contributed by atoms with Gasteiger partial charge in [0.1, 0.15) is 11.5 Å². The standard InChI is InChI=1S/C23H20N2O4S/c1-2-29-17-6-3-5-16(13-17)21(26)19-20(18-7-4-12-30-18)25(23(28)22(19)27)14-15-8-10-24-11-9-15/h3-13,20,26H,2,14H2,1H3. The summed E-state index contributed by atoms with van der Waals surface area (Å²) in [6, 6.07) is 13.6. The van der Waals surface area contributed by atoms with E-state index in [9.17, 15) is 14.7 Å². The van der Waals surface area contributed by atoms with Crippen molar-refractivity contribution in [1.29, 1.82) is 0 Å². The molecule has 30 heavy (non-hydrogen) atoms. The van der Waals surface area contributed by atoms with Crippen LogP contribution < -0.4 is 4.74 Å².